The van der Waals surface area contributed by atoms with Crippen molar-refractivity contribution in [1.29, 1.82) is 0 Å². The third kappa shape index (κ3) is 5.60. The fourth-order valence-corrected chi connectivity index (χ4v) is 4.35. The number of carbonyl (C=O) groups excluding carboxylic acids is 1. The first-order valence-corrected chi connectivity index (χ1v) is 10.8. The molecule has 2 aromatic rings. The molecule has 2 atom stereocenters. The highest BCUT2D eigenvalue weighted by Gasteiger charge is 2.23. The van der Waals surface area contributed by atoms with Crippen molar-refractivity contribution in [2.24, 2.45) is 0 Å². The fraction of sp³-hybridized carbons (Fsp3) is 0.500. The third-order valence-corrected chi connectivity index (χ3v) is 5.52. The van der Waals surface area contributed by atoms with E-state index >= 15 is 0 Å². The van der Waals surface area contributed by atoms with Gasteiger partial charge in [-0.05, 0) is 32.9 Å². The Hall–Kier alpha value is -1.87. The second-order valence-electron chi connectivity index (χ2n) is 6.97. The normalized spacial score (nSPS) is 19.8. The van der Waals surface area contributed by atoms with Crippen LogP contribution in [0.5, 0.6) is 11.5 Å². The van der Waals surface area contributed by atoms with Gasteiger partial charge in [-0.25, -0.2) is 4.98 Å². The third-order valence-electron chi connectivity index (χ3n) is 4.43. The Kier molecular flexibility index (Phi) is 7.34. The molecule has 0 bridgehead atoms. The van der Waals surface area contributed by atoms with Crippen LogP contribution in [0.15, 0.2) is 17.5 Å². The van der Waals surface area contributed by atoms with Gasteiger partial charge in [0.05, 0.1) is 36.6 Å². The standard InChI is InChI=1S/C20H26ClN3O4S/c1-5-27-18-16(21)6-14(7-17(18)26-4)19(25)23-20-22-15(11-29-20)10-24-8-12(2)28-13(3)9-24/h6-7,11-13H,5,8-10H2,1-4H3,(H,22,23,25). The zero-order chi connectivity index (χ0) is 21.0. The smallest absolute Gasteiger partial charge is 0.257 e. The van der Waals surface area contributed by atoms with Crippen molar-refractivity contribution in [2.45, 2.75) is 39.5 Å². The molecule has 0 saturated carbocycles. The van der Waals surface area contributed by atoms with Crippen LogP contribution in [0.1, 0.15) is 36.8 Å². The number of aromatic nitrogens is 1. The Morgan fingerprint density at radius 1 is 1.38 bits per heavy atom. The quantitative estimate of drug-likeness (QED) is 0.701. The van der Waals surface area contributed by atoms with Crippen molar-refractivity contribution < 1.29 is 19.0 Å². The van der Waals surface area contributed by atoms with Gasteiger partial charge in [0.15, 0.2) is 16.6 Å². The second-order valence-corrected chi connectivity index (χ2v) is 8.24. The largest absolute Gasteiger partial charge is 0.493 e. The number of rotatable bonds is 7. The number of thiazole rings is 1. The Balaban J connectivity index is 1.66. The fourth-order valence-electron chi connectivity index (χ4n) is 3.38. The minimum absolute atomic E-state index is 0.205. The molecule has 0 spiro atoms. The molecule has 1 aliphatic rings. The van der Waals surface area contributed by atoms with E-state index in [1.165, 1.54) is 18.4 Å². The number of methoxy groups -OCH3 is 1. The molecule has 1 saturated heterocycles. The van der Waals surface area contributed by atoms with Crippen molar-refractivity contribution in [3.63, 3.8) is 0 Å². The number of nitrogens with zero attached hydrogens (tertiary/aromatic N) is 2. The summed E-state index contributed by atoms with van der Waals surface area (Å²) in [6.45, 7) is 8.92. The average Bonchev–Trinajstić information content (AvgIpc) is 3.09. The SMILES string of the molecule is CCOc1c(Cl)cc(C(=O)Nc2nc(CN3CC(C)OC(C)C3)cs2)cc1OC. The molecule has 1 aliphatic heterocycles. The second kappa shape index (κ2) is 9.75. The van der Waals surface area contributed by atoms with Crippen molar-refractivity contribution >= 4 is 34.0 Å². The van der Waals surface area contributed by atoms with Crippen LogP contribution in [0.4, 0.5) is 5.13 Å². The van der Waals surface area contributed by atoms with Gasteiger partial charge in [0.25, 0.3) is 5.91 Å². The van der Waals surface area contributed by atoms with E-state index in [1.807, 2.05) is 12.3 Å². The monoisotopic (exact) mass is 439 g/mol. The Morgan fingerprint density at radius 3 is 2.76 bits per heavy atom. The van der Waals surface area contributed by atoms with E-state index in [4.69, 9.17) is 25.8 Å². The van der Waals surface area contributed by atoms with Crippen LogP contribution in [0.3, 0.4) is 0 Å². The molecular formula is C20H26ClN3O4S. The van der Waals surface area contributed by atoms with E-state index in [1.54, 1.807) is 12.1 Å². The number of amides is 1. The van der Waals surface area contributed by atoms with Gasteiger partial charge in [-0.1, -0.05) is 11.6 Å². The van der Waals surface area contributed by atoms with E-state index < -0.39 is 0 Å². The first kappa shape index (κ1) is 21.8. The van der Waals surface area contributed by atoms with Crippen molar-refractivity contribution in [3.05, 3.63) is 33.8 Å². The first-order valence-electron chi connectivity index (χ1n) is 9.53. The van der Waals surface area contributed by atoms with Crippen LogP contribution >= 0.6 is 22.9 Å². The molecule has 2 heterocycles. The lowest BCUT2D eigenvalue weighted by molar-refractivity contribution is -0.0707. The zero-order valence-corrected chi connectivity index (χ0v) is 18.6. The predicted octanol–water partition coefficient (Wildman–Crippen LogP) is 4.07. The summed E-state index contributed by atoms with van der Waals surface area (Å²) in [7, 11) is 1.51. The minimum Gasteiger partial charge on any atom is -0.493 e. The topological polar surface area (TPSA) is 72.9 Å². The van der Waals surface area contributed by atoms with Crippen LogP contribution in [0.2, 0.25) is 5.02 Å². The molecule has 9 heteroatoms. The number of halogens is 1. The highest BCUT2D eigenvalue weighted by atomic mass is 35.5. The van der Waals surface area contributed by atoms with Gasteiger partial charge in [0.2, 0.25) is 0 Å². The molecule has 2 unspecified atom stereocenters. The molecule has 158 valence electrons. The van der Waals surface area contributed by atoms with Crippen LogP contribution in [0.25, 0.3) is 0 Å². The highest BCUT2D eigenvalue weighted by molar-refractivity contribution is 7.14. The summed E-state index contributed by atoms with van der Waals surface area (Å²) in [5, 5.41) is 5.67. The summed E-state index contributed by atoms with van der Waals surface area (Å²) >= 11 is 7.66. The molecule has 0 radical (unpaired) electrons. The maximum atomic E-state index is 12.7. The molecule has 1 N–H and O–H groups in total. The number of ether oxygens (including phenoxy) is 3. The van der Waals surface area contributed by atoms with Gasteiger partial charge in [0, 0.05) is 30.6 Å². The first-order chi connectivity index (χ1) is 13.9. The number of benzene rings is 1. The summed E-state index contributed by atoms with van der Waals surface area (Å²) in [4.78, 5) is 19.5. The van der Waals surface area contributed by atoms with Gasteiger partial charge < -0.3 is 14.2 Å². The maximum absolute atomic E-state index is 12.7. The summed E-state index contributed by atoms with van der Waals surface area (Å²) in [5.41, 5.74) is 1.30. The Morgan fingerprint density at radius 2 is 2.10 bits per heavy atom. The average molecular weight is 440 g/mol. The van der Waals surface area contributed by atoms with Gasteiger partial charge in [-0.15, -0.1) is 11.3 Å². The summed E-state index contributed by atoms with van der Waals surface area (Å²) in [6.07, 6.45) is 0.409. The van der Waals surface area contributed by atoms with Crippen molar-refractivity contribution in [2.75, 3.05) is 32.1 Å². The molecule has 29 heavy (non-hydrogen) atoms. The van der Waals surface area contributed by atoms with Gasteiger partial charge in [-0.2, -0.15) is 0 Å². The lowest BCUT2D eigenvalue weighted by atomic mass is 10.2. The van der Waals surface area contributed by atoms with Crippen LogP contribution in [0, 0.1) is 0 Å². The van der Waals surface area contributed by atoms with E-state index in [2.05, 4.69) is 29.0 Å². The van der Waals surface area contributed by atoms with E-state index in [-0.39, 0.29) is 18.1 Å². The minimum atomic E-state index is -0.303. The molecular weight excluding hydrogens is 414 g/mol. The van der Waals surface area contributed by atoms with E-state index in [9.17, 15) is 4.79 Å². The zero-order valence-electron chi connectivity index (χ0n) is 17.0. The van der Waals surface area contributed by atoms with Gasteiger partial charge >= 0.3 is 0 Å². The lowest BCUT2D eigenvalue weighted by Gasteiger charge is -2.34. The highest BCUT2D eigenvalue weighted by Crippen LogP contribution is 2.36. The molecule has 3 rings (SSSR count). The lowest BCUT2D eigenvalue weighted by Crippen LogP contribution is -2.44. The Labute approximate surface area is 179 Å². The Bertz CT molecular complexity index is 850. The predicted molar refractivity (Wildman–Crippen MR) is 115 cm³/mol. The number of carbonyl (C=O) groups is 1. The molecule has 1 aromatic carbocycles. The summed E-state index contributed by atoms with van der Waals surface area (Å²) < 4.78 is 16.6. The number of nitrogens with one attached hydrogen (secondary N) is 1. The van der Waals surface area contributed by atoms with Crippen LogP contribution in [-0.2, 0) is 11.3 Å². The van der Waals surface area contributed by atoms with E-state index in [0.717, 1.165) is 25.3 Å². The molecule has 1 amide bonds. The molecule has 1 aromatic heterocycles. The molecule has 7 nitrogen and oxygen atoms in total. The number of morpholine rings is 1. The summed E-state index contributed by atoms with van der Waals surface area (Å²) in [6, 6.07) is 3.17. The molecule has 1 fully saturated rings. The van der Waals surface area contributed by atoms with Crippen molar-refractivity contribution in [3.8, 4) is 11.5 Å². The van der Waals surface area contributed by atoms with Gasteiger partial charge in [-0.3, -0.25) is 15.0 Å². The number of anilines is 1. The summed E-state index contributed by atoms with van der Waals surface area (Å²) in [5.74, 6) is 0.543. The number of hydrogen-bond acceptors (Lipinski definition) is 7. The van der Waals surface area contributed by atoms with Gasteiger partial charge in [0.1, 0.15) is 0 Å². The van der Waals surface area contributed by atoms with Crippen molar-refractivity contribution in [1.82, 2.24) is 9.88 Å². The molecule has 0 aliphatic carbocycles. The van der Waals surface area contributed by atoms with Crippen LogP contribution < -0.4 is 14.8 Å². The van der Waals surface area contributed by atoms with Crippen LogP contribution in [-0.4, -0.2) is 54.8 Å². The number of hydrogen-bond donors (Lipinski definition) is 1. The maximum Gasteiger partial charge on any atom is 0.257 e. The van der Waals surface area contributed by atoms with E-state index in [0.29, 0.717) is 33.8 Å².